The molecule has 1 atom stereocenters. The van der Waals surface area contributed by atoms with Crippen molar-refractivity contribution in [3.63, 3.8) is 0 Å². The first-order chi connectivity index (χ1) is 11.4. The van der Waals surface area contributed by atoms with Gasteiger partial charge in [0, 0.05) is 23.2 Å². The molecule has 3 aromatic rings. The van der Waals surface area contributed by atoms with Crippen LogP contribution in [-0.4, -0.2) is 27.3 Å². The molecule has 3 aromatic heterocycles. The maximum Gasteiger partial charge on any atom is 0.255 e. The lowest BCUT2D eigenvalue weighted by Crippen LogP contribution is -2.41. The second-order valence-electron chi connectivity index (χ2n) is 5.70. The van der Waals surface area contributed by atoms with E-state index >= 15 is 0 Å². The van der Waals surface area contributed by atoms with Gasteiger partial charge in [-0.3, -0.25) is 9.48 Å². The van der Waals surface area contributed by atoms with Crippen molar-refractivity contribution >= 4 is 28.6 Å². The Morgan fingerprint density at radius 1 is 1.38 bits per heavy atom. The maximum atomic E-state index is 12.6. The molecule has 2 N–H and O–H groups in total. The van der Waals surface area contributed by atoms with Crippen molar-refractivity contribution in [3.8, 4) is 0 Å². The molecule has 1 amide bonds. The number of hydrogen-bond donors (Lipinski definition) is 2. The Morgan fingerprint density at radius 2 is 2.17 bits per heavy atom. The lowest BCUT2D eigenvalue weighted by Gasteiger charge is -2.27. The number of hydrogen-bond acceptors (Lipinski definition) is 5. The van der Waals surface area contributed by atoms with Gasteiger partial charge in [0.05, 0.1) is 17.8 Å². The molecule has 3 rings (SSSR count). The molecule has 0 fully saturated rings. The fraction of sp³-hybridized carbons (Fsp3) is 0.294. The van der Waals surface area contributed by atoms with Gasteiger partial charge in [-0.25, -0.2) is 0 Å². The van der Waals surface area contributed by atoms with Crippen LogP contribution in [0.3, 0.4) is 0 Å². The van der Waals surface area contributed by atoms with Gasteiger partial charge in [-0.2, -0.15) is 16.4 Å². The van der Waals surface area contributed by atoms with Crippen LogP contribution in [0.25, 0.3) is 0 Å². The summed E-state index contributed by atoms with van der Waals surface area (Å²) < 4.78 is 1.69. The van der Waals surface area contributed by atoms with Crippen molar-refractivity contribution in [1.82, 2.24) is 15.1 Å². The van der Waals surface area contributed by atoms with Crippen molar-refractivity contribution in [1.29, 1.82) is 0 Å². The summed E-state index contributed by atoms with van der Waals surface area (Å²) in [6.07, 6.45) is 0. The average molecular weight is 361 g/mol. The predicted octanol–water partition coefficient (Wildman–Crippen LogP) is 2.83. The molecule has 0 aliphatic carbocycles. The highest BCUT2D eigenvalue weighted by Crippen LogP contribution is 2.33. The summed E-state index contributed by atoms with van der Waals surface area (Å²) in [5, 5.41) is 24.2. The number of aliphatic hydroxyl groups is 1. The zero-order valence-electron chi connectivity index (χ0n) is 13.7. The normalized spacial score (nSPS) is 13.7. The highest BCUT2D eigenvalue weighted by Gasteiger charge is 2.34. The smallest absolute Gasteiger partial charge is 0.255 e. The lowest BCUT2D eigenvalue weighted by molar-refractivity contribution is 0.0720. The Hall–Kier alpha value is -1.96. The topological polar surface area (TPSA) is 67.2 Å². The summed E-state index contributed by atoms with van der Waals surface area (Å²) in [6.45, 7) is 3.78. The molecule has 5 nitrogen and oxygen atoms in total. The minimum atomic E-state index is -1.23. The summed E-state index contributed by atoms with van der Waals surface area (Å²) in [4.78, 5) is 13.4. The summed E-state index contributed by atoms with van der Waals surface area (Å²) in [5.74, 6) is -0.219. The van der Waals surface area contributed by atoms with Crippen LogP contribution in [0.5, 0.6) is 0 Å². The highest BCUT2D eigenvalue weighted by atomic mass is 32.1. The number of aromatic nitrogens is 2. The van der Waals surface area contributed by atoms with E-state index in [0.29, 0.717) is 11.3 Å². The van der Waals surface area contributed by atoms with Crippen LogP contribution in [-0.2, 0) is 12.6 Å². The van der Waals surface area contributed by atoms with E-state index in [-0.39, 0.29) is 12.5 Å². The lowest BCUT2D eigenvalue weighted by atomic mass is 9.94. The zero-order valence-corrected chi connectivity index (χ0v) is 15.4. The largest absolute Gasteiger partial charge is 0.378 e. The van der Waals surface area contributed by atoms with Crippen LogP contribution in [0.4, 0.5) is 0 Å². The molecule has 0 aromatic carbocycles. The third-order valence-electron chi connectivity index (χ3n) is 4.17. The number of rotatable bonds is 5. The second-order valence-corrected chi connectivity index (χ2v) is 7.43. The Balaban J connectivity index is 1.86. The number of nitrogens with zero attached hydrogens (tertiary/aromatic N) is 2. The Labute approximate surface area is 148 Å². The Kier molecular flexibility index (Phi) is 4.58. The molecule has 3 heterocycles. The maximum absolute atomic E-state index is 12.6. The highest BCUT2D eigenvalue weighted by molar-refractivity contribution is 7.10. The zero-order chi connectivity index (χ0) is 17.3. The summed E-state index contributed by atoms with van der Waals surface area (Å²) in [7, 11) is 1.81. The van der Waals surface area contributed by atoms with Gasteiger partial charge in [-0.05, 0) is 42.1 Å². The third-order valence-corrected chi connectivity index (χ3v) is 5.87. The Bertz CT molecular complexity index is 801. The Morgan fingerprint density at radius 3 is 2.71 bits per heavy atom. The van der Waals surface area contributed by atoms with Gasteiger partial charge in [0.2, 0.25) is 0 Å². The van der Waals surface area contributed by atoms with Crippen molar-refractivity contribution in [2.75, 3.05) is 6.54 Å². The minimum absolute atomic E-state index is 0.108. The monoisotopic (exact) mass is 361 g/mol. The number of thiophene rings is 2. The molecule has 0 saturated carbocycles. The summed E-state index contributed by atoms with van der Waals surface area (Å²) in [5.41, 5.74) is 1.61. The van der Waals surface area contributed by atoms with Gasteiger partial charge in [0.1, 0.15) is 5.60 Å². The first-order valence-corrected chi connectivity index (χ1v) is 9.33. The minimum Gasteiger partial charge on any atom is -0.378 e. The van der Waals surface area contributed by atoms with Crippen LogP contribution in [0, 0.1) is 13.8 Å². The molecule has 0 aliphatic rings. The molecule has 0 radical (unpaired) electrons. The van der Waals surface area contributed by atoms with Crippen molar-refractivity contribution < 1.29 is 9.90 Å². The number of amides is 1. The standard InChI is InChI=1S/C17H19N3O2S2/c1-11-15(12(2)20(3)19-11)16(21)18-10-17(22,13-6-8-23-9-13)14-5-4-7-24-14/h4-9,22H,10H2,1-3H3,(H,18,21)/t17-/m1/s1. The van der Waals surface area contributed by atoms with Crippen molar-refractivity contribution in [2.24, 2.45) is 7.05 Å². The quantitative estimate of drug-likeness (QED) is 0.734. The molecule has 126 valence electrons. The summed E-state index contributed by atoms with van der Waals surface area (Å²) >= 11 is 2.99. The first kappa shape index (κ1) is 16.9. The molecule has 0 unspecified atom stereocenters. The van der Waals surface area contributed by atoms with Gasteiger partial charge in [0.15, 0.2) is 0 Å². The van der Waals surface area contributed by atoms with Crippen LogP contribution in [0.1, 0.15) is 32.2 Å². The van der Waals surface area contributed by atoms with E-state index in [0.717, 1.165) is 16.1 Å². The van der Waals surface area contributed by atoms with E-state index in [1.54, 1.807) is 4.68 Å². The van der Waals surface area contributed by atoms with Gasteiger partial charge in [0.25, 0.3) is 5.91 Å². The van der Waals surface area contributed by atoms with E-state index in [2.05, 4.69) is 10.4 Å². The molecular formula is C17H19N3O2S2. The molecule has 0 spiro atoms. The molecule has 0 bridgehead atoms. The number of aryl methyl sites for hydroxylation is 2. The SMILES string of the molecule is Cc1nn(C)c(C)c1C(=O)NC[C@@](O)(c1ccsc1)c1cccs1. The fourth-order valence-electron chi connectivity index (χ4n) is 2.74. The van der Waals surface area contributed by atoms with Crippen molar-refractivity contribution in [3.05, 3.63) is 61.7 Å². The van der Waals surface area contributed by atoms with Crippen LogP contribution in [0.15, 0.2) is 34.3 Å². The molecule has 7 heteroatoms. The van der Waals surface area contributed by atoms with Gasteiger partial charge < -0.3 is 10.4 Å². The summed E-state index contributed by atoms with van der Waals surface area (Å²) in [6, 6.07) is 5.67. The third kappa shape index (κ3) is 2.90. The van der Waals surface area contributed by atoms with E-state index < -0.39 is 5.60 Å². The van der Waals surface area contributed by atoms with Crippen LogP contribution in [0.2, 0.25) is 0 Å². The van der Waals surface area contributed by atoms with Gasteiger partial charge in [-0.1, -0.05) is 6.07 Å². The average Bonchev–Trinajstić information content (AvgIpc) is 3.28. The van der Waals surface area contributed by atoms with E-state index in [1.165, 1.54) is 22.7 Å². The van der Waals surface area contributed by atoms with E-state index in [4.69, 9.17) is 0 Å². The second kappa shape index (κ2) is 6.51. The molecular weight excluding hydrogens is 342 g/mol. The van der Waals surface area contributed by atoms with Crippen LogP contribution < -0.4 is 5.32 Å². The van der Waals surface area contributed by atoms with E-state index in [1.807, 2.05) is 55.2 Å². The predicted molar refractivity (Wildman–Crippen MR) is 96.7 cm³/mol. The first-order valence-electron chi connectivity index (χ1n) is 7.51. The molecule has 24 heavy (non-hydrogen) atoms. The number of carbonyl (C=O) groups excluding carboxylic acids is 1. The van der Waals surface area contributed by atoms with Gasteiger partial charge >= 0.3 is 0 Å². The number of carbonyl (C=O) groups is 1. The van der Waals surface area contributed by atoms with E-state index in [9.17, 15) is 9.90 Å². The van der Waals surface area contributed by atoms with Crippen molar-refractivity contribution in [2.45, 2.75) is 19.4 Å². The fourth-order valence-corrected chi connectivity index (χ4v) is 4.31. The molecule has 0 aliphatic heterocycles. The van der Waals surface area contributed by atoms with Crippen LogP contribution >= 0.6 is 22.7 Å². The molecule has 0 saturated heterocycles. The van der Waals surface area contributed by atoms with Gasteiger partial charge in [-0.15, -0.1) is 11.3 Å². The number of nitrogens with one attached hydrogen (secondary N) is 1.